The first-order valence-electron chi connectivity index (χ1n) is 26.6. The number of nitrogens with zero attached hydrogens (tertiary/aromatic N) is 5. The van der Waals surface area contributed by atoms with Gasteiger partial charge in [-0.1, -0.05) is 54.6 Å². The van der Waals surface area contributed by atoms with Crippen molar-refractivity contribution in [1.82, 2.24) is 29.6 Å². The number of carboxylic acids is 2. The average molecular weight is 1060 g/mol. The molecule has 4 fully saturated rings. The molecule has 0 radical (unpaired) electrons. The topological polar surface area (TPSA) is 201 Å². The fourth-order valence-electron chi connectivity index (χ4n) is 12.1. The highest BCUT2D eigenvalue weighted by Crippen LogP contribution is 2.38. The monoisotopic (exact) mass is 1060 g/mol. The molecule has 0 aliphatic carbocycles. The van der Waals surface area contributed by atoms with E-state index in [1.807, 2.05) is 47.4 Å². The summed E-state index contributed by atoms with van der Waals surface area (Å²) in [6.45, 7) is 4.93. The van der Waals surface area contributed by atoms with Crippen LogP contribution in [0.25, 0.3) is 27.9 Å². The Morgan fingerprint density at radius 2 is 1.14 bits per heavy atom. The zero-order valence-corrected chi connectivity index (χ0v) is 43.2. The number of hydrogen-bond acceptors (Lipinski definition) is 7. The van der Waals surface area contributed by atoms with Crippen molar-refractivity contribution in [2.24, 2.45) is 22.6 Å². The predicted octanol–water partition coefficient (Wildman–Crippen LogP) is 9.45. The van der Waals surface area contributed by atoms with Crippen molar-refractivity contribution in [3.05, 3.63) is 143 Å². The Balaban J connectivity index is 0.000000188. The van der Waals surface area contributed by atoms with E-state index >= 15 is 0 Å². The van der Waals surface area contributed by atoms with Crippen LogP contribution in [0.1, 0.15) is 95.8 Å². The molecule has 2 amide bonds. The minimum absolute atomic E-state index is 0.0345. The molecule has 18 heteroatoms. The van der Waals surface area contributed by atoms with E-state index in [0.29, 0.717) is 76.8 Å². The van der Waals surface area contributed by atoms with Gasteiger partial charge in [-0.05, 0) is 166 Å². The number of carbonyl (C=O) groups is 4. The molecular weight excluding hydrogens is 990 g/mol. The highest BCUT2D eigenvalue weighted by molar-refractivity contribution is 6.02. The third-order valence-corrected chi connectivity index (χ3v) is 16.2. The second kappa shape index (κ2) is 24.3. The van der Waals surface area contributed by atoms with Crippen molar-refractivity contribution in [3.63, 3.8) is 0 Å². The van der Waals surface area contributed by atoms with Crippen LogP contribution in [0, 0.1) is 11.8 Å². The molecule has 6 N–H and O–H groups in total. The van der Waals surface area contributed by atoms with Crippen LogP contribution < -0.4 is 10.5 Å². The first-order valence-corrected chi connectivity index (χ1v) is 26.6. The van der Waals surface area contributed by atoms with Gasteiger partial charge in [0.2, 0.25) is 5.91 Å². The number of piperidine rings is 4. The number of carbonyl (C=O) groups excluding carboxylic acids is 2. The quantitative estimate of drug-likeness (QED) is 0.0444. The fraction of sp³-hybridized carbons (Fsp3) is 0.407. The van der Waals surface area contributed by atoms with Gasteiger partial charge in [-0.2, -0.15) is 18.2 Å². The van der Waals surface area contributed by atoms with Gasteiger partial charge in [-0.15, -0.1) is 0 Å². The summed E-state index contributed by atoms with van der Waals surface area (Å²) in [5, 5.41) is 22.8. The molecule has 0 bridgehead atoms. The first-order chi connectivity index (χ1) is 37.1. The Labute approximate surface area is 445 Å². The normalized spacial score (nSPS) is 19.0. The number of aromatic amines is 2. The van der Waals surface area contributed by atoms with Gasteiger partial charge < -0.3 is 40.5 Å². The molecule has 10 rings (SSSR count). The molecule has 2 aromatic heterocycles. The van der Waals surface area contributed by atoms with Crippen LogP contribution in [0.5, 0.6) is 5.75 Å². The molecule has 4 saturated heterocycles. The van der Waals surface area contributed by atoms with Gasteiger partial charge >= 0.3 is 18.1 Å². The maximum absolute atomic E-state index is 13.0. The minimum Gasteiger partial charge on any atom is -0.497 e. The van der Waals surface area contributed by atoms with Gasteiger partial charge in [-0.25, -0.2) is 0 Å². The van der Waals surface area contributed by atoms with Gasteiger partial charge in [0, 0.05) is 72.0 Å². The Hall–Kier alpha value is -7.44. The third-order valence-electron chi connectivity index (χ3n) is 16.2. The number of rotatable bonds is 12. The predicted molar refractivity (Wildman–Crippen MR) is 290 cm³/mol. The van der Waals surface area contributed by atoms with Crippen molar-refractivity contribution < 1.29 is 47.3 Å². The van der Waals surface area contributed by atoms with Crippen LogP contribution in [0.3, 0.4) is 0 Å². The zero-order chi connectivity index (χ0) is 54.2. The van der Waals surface area contributed by atoms with E-state index in [9.17, 15) is 42.6 Å². The lowest BCUT2D eigenvalue weighted by Crippen LogP contribution is -2.53. The molecule has 0 saturated carbocycles. The summed E-state index contributed by atoms with van der Waals surface area (Å²) in [5.41, 5.74) is 10.7. The highest BCUT2D eigenvalue weighted by atomic mass is 19.4. The number of carboxylic acid groups (broad SMARTS) is 2. The van der Waals surface area contributed by atoms with Crippen LogP contribution in [0.4, 0.5) is 13.2 Å². The van der Waals surface area contributed by atoms with Crippen LogP contribution in [0.2, 0.25) is 0 Å². The number of halogens is 3. The maximum atomic E-state index is 13.0. The Kier molecular flexibility index (Phi) is 17.1. The molecule has 77 heavy (non-hydrogen) atoms. The molecule has 4 aliphatic rings. The molecule has 4 aromatic carbocycles. The number of methoxy groups -OCH3 is 1. The molecule has 15 nitrogen and oxygen atoms in total. The van der Waals surface area contributed by atoms with Crippen LogP contribution in [-0.2, 0) is 20.6 Å². The van der Waals surface area contributed by atoms with Crippen LogP contribution >= 0.6 is 0 Å². The van der Waals surface area contributed by atoms with Crippen molar-refractivity contribution in [2.75, 3.05) is 59.5 Å². The number of aromatic nitrogens is 2. The summed E-state index contributed by atoms with van der Waals surface area (Å²) >= 11 is 0. The molecular formula is C59H67F3N8O7. The van der Waals surface area contributed by atoms with E-state index in [1.54, 1.807) is 24.2 Å². The summed E-state index contributed by atoms with van der Waals surface area (Å²) in [4.78, 5) is 68.3. The molecule has 6 aromatic rings. The van der Waals surface area contributed by atoms with E-state index in [4.69, 9.17) is 10.5 Å². The van der Waals surface area contributed by atoms with Gasteiger partial charge in [0.15, 0.2) is 5.96 Å². The number of nitrogens with one attached hydrogen (secondary N) is 2. The second-order valence-corrected chi connectivity index (χ2v) is 20.7. The van der Waals surface area contributed by atoms with E-state index in [-0.39, 0.29) is 29.3 Å². The number of aliphatic imine (C=N–C) groups is 1. The lowest BCUT2D eigenvalue weighted by atomic mass is 9.84. The third kappa shape index (κ3) is 12.9. The molecule has 4 aliphatic heterocycles. The van der Waals surface area contributed by atoms with E-state index in [0.717, 1.165) is 79.3 Å². The van der Waals surface area contributed by atoms with E-state index in [1.165, 1.54) is 28.0 Å². The average Bonchev–Trinajstić information content (AvgIpc) is 4.10. The lowest BCUT2D eigenvalue weighted by molar-refractivity contribution is -0.148. The van der Waals surface area contributed by atoms with Crippen molar-refractivity contribution in [1.29, 1.82) is 0 Å². The smallest absolute Gasteiger partial charge is 0.416 e. The Morgan fingerprint density at radius 1 is 0.649 bits per heavy atom. The summed E-state index contributed by atoms with van der Waals surface area (Å²) in [6, 6.07) is 27.1. The van der Waals surface area contributed by atoms with Crippen molar-refractivity contribution in [2.45, 2.75) is 81.5 Å². The number of nitrogens with two attached hydrogens (primary N) is 1. The maximum Gasteiger partial charge on any atom is 0.416 e. The van der Waals surface area contributed by atoms with E-state index < -0.39 is 41.7 Å². The number of hydrogen-bond donors (Lipinski definition) is 5. The fourth-order valence-corrected chi connectivity index (χ4v) is 12.1. The number of aliphatic carboxylic acids is 2. The Morgan fingerprint density at radius 3 is 1.64 bits per heavy atom. The van der Waals surface area contributed by atoms with Crippen molar-refractivity contribution in [3.8, 4) is 5.75 Å². The van der Waals surface area contributed by atoms with Gasteiger partial charge in [0.1, 0.15) is 17.8 Å². The van der Waals surface area contributed by atoms with Gasteiger partial charge in [-0.3, -0.25) is 29.0 Å². The lowest BCUT2D eigenvalue weighted by Gasteiger charge is -2.42. The summed E-state index contributed by atoms with van der Waals surface area (Å²) < 4.78 is 44.2. The minimum atomic E-state index is -4.57. The highest BCUT2D eigenvalue weighted by Gasteiger charge is 2.40. The number of guanidine groups is 1. The number of benzene rings is 4. The standard InChI is InChI=1S/C30H35N3O4.C29H32F3N5O3/c1-37-24-6-4-5-21(19-24)9-10-28(34)32-15-13-23(14-16-32)29(30(35)36)33-17-11-22(12-18-33)26-20-31-27-8-3-2-7-25(26)27;30-29(31,32)21-5-3-4-20(16-21)26(38)35-28(33)37-14-10-19(11-15-37)25(27(39)40)36-12-8-18(9-13-36)23-17-34-24-7-2-1-6-22(23)24/h2-10,19-20,22-23,29,31H,11-18H2,1H3,(H,35,36);1-7,16-19,25,34H,8-15H2,(H,39,40)(H2,33,35,38)/b10-9+;. The number of alkyl halides is 3. The Bertz CT molecular complexity index is 3080. The van der Waals surface area contributed by atoms with Gasteiger partial charge in [0.05, 0.1) is 12.7 Å². The molecule has 0 spiro atoms. The summed E-state index contributed by atoms with van der Waals surface area (Å²) in [6.07, 6.45) is 9.19. The van der Waals surface area contributed by atoms with Gasteiger partial charge in [0.25, 0.3) is 5.91 Å². The largest absolute Gasteiger partial charge is 0.497 e. The number of ether oxygens (including phenoxy) is 1. The van der Waals surface area contributed by atoms with Crippen LogP contribution in [-0.4, -0.2) is 141 Å². The van der Waals surface area contributed by atoms with E-state index in [2.05, 4.69) is 67.5 Å². The molecule has 406 valence electrons. The van der Waals surface area contributed by atoms with Crippen LogP contribution in [0.15, 0.2) is 121 Å². The molecule has 2 atom stereocenters. The number of para-hydroxylation sites is 2. The number of H-pyrrole nitrogens is 2. The van der Waals surface area contributed by atoms with Crippen molar-refractivity contribution >= 4 is 57.6 Å². The number of likely N-dealkylation sites (tertiary alicyclic amines) is 4. The zero-order valence-electron chi connectivity index (χ0n) is 43.2. The second-order valence-electron chi connectivity index (χ2n) is 20.7. The molecule has 6 heterocycles. The summed E-state index contributed by atoms with van der Waals surface area (Å²) in [7, 11) is 1.62. The summed E-state index contributed by atoms with van der Waals surface area (Å²) in [5.74, 6) is -1.03. The number of amides is 2. The molecule has 2 unspecified atom stereocenters. The first kappa shape index (κ1) is 54.4. The number of fused-ring (bicyclic) bond motifs is 2. The SMILES string of the molecule is COc1cccc(/C=C/C(=O)N2CCC(C(C(=O)O)N3CCC(c4c[nH]c5ccccc45)CC3)CC2)c1.NC(=NC(=O)c1cccc(C(F)(F)F)c1)N1CCC(C(C(=O)O)N2CCC(c3c[nH]c4ccccc34)CC2)CC1.